The van der Waals surface area contributed by atoms with Gasteiger partial charge in [-0.25, -0.2) is 0 Å². The number of ether oxygens (including phenoxy) is 1. The van der Waals surface area contributed by atoms with Crippen LogP contribution in [-0.4, -0.2) is 50.4 Å². The summed E-state index contributed by atoms with van der Waals surface area (Å²) in [5.41, 5.74) is 2.34. The zero-order valence-corrected chi connectivity index (χ0v) is 13.3. The van der Waals surface area contributed by atoms with Gasteiger partial charge >= 0.3 is 0 Å². The zero-order valence-electron chi connectivity index (χ0n) is 12.5. The van der Waals surface area contributed by atoms with Crippen molar-refractivity contribution >= 4 is 23.4 Å². The smallest absolute Gasteiger partial charge is 0.236 e. The van der Waals surface area contributed by atoms with Crippen LogP contribution in [0.15, 0.2) is 24.3 Å². The van der Waals surface area contributed by atoms with Gasteiger partial charge in [-0.3, -0.25) is 4.79 Å². The summed E-state index contributed by atoms with van der Waals surface area (Å²) >= 11 is 1.71. The molecule has 0 spiro atoms. The number of hydrogen-bond acceptors (Lipinski definition) is 4. The maximum Gasteiger partial charge on any atom is 0.236 e. The fraction of sp³-hybridized carbons (Fsp3) is 0.533. The molecule has 20 heavy (non-hydrogen) atoms. The van der Waals surface area contributed by atoms with Gasteiger partial charge in [-0.15, -0.1) is 11.8 Å². The fourth-order valence-electron chi connectivity index (χ4n) is 2.29. The van der Waals surface area contributed by atoms with E-state index < -0.39 is 0 Å². The van der Waals surface area contributed by atoms with Crippen molar-refractivity contribution < 1.29 is 9.53 Å². The lowest BCUT2D eigenvalue weighted by Crippen LogP contribution is -2.33. The second-order valence-electron chi connectivity index (χ2n) is 5.14. The molecule has 1 fully saturated rings. The minimum Gasteiger partial charge on any atom is -0.383 e. The van der Waals surface area contributed by atoms with Gasteiger partial charge in [0, 0.05) is 33.4 Å². The molecule has 5 heteroatoms. The summed E-state index contributed by atoms with van der Waals surface area (Å²) in [6.45, 7) is 3.19. The Bertz CT molecular complexity index is 461. The first-order chi connectivity index (χ1) is 9.54. The molecule has 0 N–H and O–H groups in total. The summed E-state index contributed by atoms with van der Waals surface area (Å²) in [5, 5.41) is 0.120. The van der Waals surface area contributed by atoms with Crippen molar-refractivity contribution in [3.63, 3.8) is 0 Å². The van der Waals surface area contributed by atoms with Crippen LogP contribution in [0, 0.1) is 0 Å². The molecule has 0 aliphatic carbocycles. The topological polar surface area (TPSA) is 32.8 Å². The first kappa shape index (κ1) is 15.2. The van der Waals surface area contributed by atoms with Crippen molar-refractivity contribution in [2.75, 3.05) is 39.3 Å². The minimum absolute atomic E-state index is 0.0189. The summed E-state index contributed by atoms with van der Waals surface area (Å²) in [5.74, 6) is 0.203. The molecule has 0 aromatic heterocycles. The van der Waals surface area contributed by atoms with Gasteiger partial charge in [-0.2, -0.15) is 0 Å². The molecule has 0 saturated carbocycles. The maximum atomic E-state index is 12.2. The average Bonchev–Trinajstić information content (AvgIpc) is 2.72. The molecule has 4 nitrogen and oxygen atoms in total. The molecule has 1 aromatic carbocycles. The van der Waals surface area contributed by atoms with Crippen LogP contribution in [-0.2, 0) is 9.53 Å². The van der Waals surface area contributed by atoms with E-state index in [2.05, 4.69) is 29.2 Å². The average molecular weight is 294 g/mol. The monoisotopic (exact) mass is 294 g/mol. The van der Waals surface area contributed by atoms with Crippen molar-refractivity contribution in [3.05, 3.63) is 29.8 Å². The molecular formula is C15H22N2O2S. The number of methoxy groups -OCH3 is 1. The molecule has 1 aliphatic heterocycles. The zero-order chi connectivity index (χ0) is 14.7. The molecule has 1 heterocycles. The predicted octanol–water partition coefficient (Wildman–Crippen LogP) is 2.36. The van der Waals surface area contributed by atoms with E-state index >= 15 is 0 Å². The van der Waals surface area contributed by atoms with Gasteiger partial charge in [0.1, 0.15) is 5.37 Å². The van der Waals surface area contributed by atoms with Gasteiger partial charge in [0.15, 0.2) is 0 Å². The second-order valence-corrected chi connectivity index (χ2v) is 6.57. The molecule has 1 saturated heterocycles. The van der Waals surface area contributed by atoms with Crippen molar-refractivity contribution in [1.82, 2.24) is 4.90 Å². The van der Waals surface area contributed by atoms with E-state index in [1.807, 2.05) is 25.9 Å². The normalized spacial score (nSPS) is 22.4. The predicted molar refractivity (Wildman–Crippen MR) is 84.2 cm³/mol. The minimum atomic E-state index is 0.0189. The van der Waals surface area contributed by atoms with Gasteiger partial charge in [0.25, 0.3) is 0 Å². The van der Waals surface area contributed by atoms with E-state index in [9.17, 15) is 4.79 Å². The molecule has 2 atom stereocenters. The van der Waals surface area contributed by atoms with Gasteiger partial charge in [-0.05, 0) is 24.6 Å². The lowest BCUT2D eigenvalue weighted by Gasteiger charge is -2.24. The largest absolute Gasteiger partial charge is 0.383 e. The van der Waals surface area contributed by atoms with E-state index in [0.717, 1.165) is 0 Å². The molecule has 1 aromatic rings. The Morgan fingerprint density at radius 3 is 2.50 bits per heavy atom. The maximum absolute atomic E-state index is 12.2. The lowest BCUT2D eigenvalue weighted by molar-refractivity contribution is -0.130. The van der Waals surface area contributed by atoms with E-state index in [-0.39, 0.29) is 16.5 Å². The van der Waals surface area contributed by atoms with Crippen LogP contribution in [0.3, 0.4) is 0 Å². The van der Waals surface area contributed by atoms with Crippen LogP contribution in [0.2, 0.25) is 0 Å². The summed E-state index contributed by atoms with van der Waals surface area (Å²) in [7, 11) is 5.71. The van der Waals surface area contributed by atoms with Crippen LogP contribution >= 0.6 is 11.8 Å². The molecule has 0 bridgehead atoms. The van der Waals surface area contributed by atoms with Gasteiger partial charge in [0.2, 0.25) is 5.91 Å². The molecular weight excluding hydrogens is 272 g/mol. The highest BCUT2D eigenvalue weighted by Crippen LogP contribution is 2.42. The molecule has 1 aliphatic rings. The number of nitrogens with zero attached hydrogens (tertiary/aromatic N) is 2. The van der Waals surface area contributed by atoms with Crippen LogP contribution in [0.1, 0.15) is 17.9 Å². The lowest BCUT2D eigenvalue weighted by atomic mass is 10.1. The van der Waals surface area contributed by atoms with Gasteiger partial charge < -0.3 is 14.5 Å². The number of carbonyl (C=O) groups is 1. The third kappa shape index (κ3) is 3.10. The van der Waals surface area contributed by atoms with Crippen LogP contribution in [0.5, 0.6) is 0 Å². The summed E-state index contributed by atoms with van der Waals surface area (Å²) in [6, 6.07) is 8.41. The molecule has 1 amide bonds. The third-order valence-corrected chi connectivity index (χ3v) is 4.87. The standard InChI is InChI=1S/C15H22N2O2S/c1-11-14(18)17(9-10-19-4)15(20-11)12-5-7-13(8-6-12)16(2)3/h5-8,11,15H,9-10H2,1-4H3/t11-,15-/m0/s1. The molecule has 0 unspecified atom stereocenters. The number of benzene rings is 1. The van der Waals surface area contributed by atoms with E-state index in [1.54, 1.807) is 18.9 Å². The quantitative estimate of drug-likeness (QED) is 0.834. The molecule has 0 radical (unpaired) electrons. The fourth-order valence-corrected chi connectivity index (χ4v) is 3.60. The first-order valence-electron chi connectivity index (χ1n) is 6.76. The van der Waals surface area contributed by atoms with Crippen LogP contribution in [0.25, 0.3) is 0 Å². The van der Waals surface area contributed by atoms with E-state index in [0.29, 0.717) is 13.2 Å². The SMILES string of the molecule is COCCN1C(=O)[C@H](C)S[C@H]1c1ccc(N(C)C)cc1. The first-order valence-corrected chi connectivity index (χ1v) is 7.71. The highest BCUT2D eigenvalue weighted by Gasteiger charge is 2.37. The van der Waals surface area contributed by atoms with Gasteiger partial charge in [0.05, 0.1) is 11.9 Å². The second kappa shape index (κ2) is 6.50. The Balaban J connectivity index is 2.18. The summed E-state index contributed by atoms with van der Waals surface area (Å²) in [4.78, 5) is 16.2. The summed E-state index contributed by atoms with van der Waals surface area (Å²) in [6.07, 6.45) is 0. The highest BCUT2D eigenvalue weighted by molar-refractivity contribution is 8.01. The Morgan fingerprint density at radius 2 is 1.95 bits per heavy atom. The molecule has 110 valence electrons. The summed E-state index contributed by atoms with van der Waals surface area (Å²) < 4.78 is 5.11. The number of hydrogen-bond donors (Lipinski definition) is 0. The molecule has 2 rings (SSSR count). The van der Waals surface area contributed by atoms with Crippen LogP contribution in [0.4, 0.5) is 5.69 Å². The number of anilines is 1. The Labute approximate surface area is 125 Å². The Morgan fingerprint density at radius 1 is 1.30 bits per heavy atom. The highest BCUT2D eigenvalue weighted by atomic mass is 32.2. The Kier molecular flexibility index (Phi) is 4.94. The van der Waals surface area contributed by atoms with E-state index in [4.69, 9.17) is 4.74 Å². The number of carbonyl (C=O) groups excluding carboxylic acids is 1. The van der Waals surface area contributed by atoms with Crippen molar-refractivity contribution in [3.8, 4) is 0 Å². The number of rotatable bonds is 5. The number of amides is 1. The number of thioether (sulfide) groups is 1. The van der Waals surface area contributed by atoms with E-state index in [1.165, 1.54) is 11.3 Å². The van der Waals surface area contributed by atoms with Gasteiger partial charge in [-0.1, -0.05) is 12.1 Å². The van der Waals surface area contributed by atoms with Crippen molar-refractivity contribution in [1.29, 1.82) is 0 Å². The van der Waals surface area contributed by atoms with Crippen LogP contribution < -0.4 is 4.90 Å². The Hall–Kier alpha value is -1.20. The third-order valence-electron chi connectivity index (χ3n) is 3.48. The van der Waals surface area contributed by atoms with Crippen molar-refractivity contribution in [2.24, 2.45) is 0 Å². The van der Waals surface area contributed by atoms with Crippen molar-refractivity contribution in [2.45, 2.75) is 17.5 Å².